The van der Waals surface area contributed by atoms with Gasteiger partial charge in [-0.05, 0) is 44.4 Å². The Morgan fingerprint density at radius 1 is 1.11 bits per heavy atom. The second-order valence-electron chi connectivity index (χ2n) is 9.13. The van der Waals surface area contributed by atoms with Crippen molar-refractivity contribution in [1.82, 2.24) is 14.8 Å². The molecule has 1 aromatic rings. The zero-order chi connectivity index (χ0) is 26.9. The summed E-state index contributed by atoms with van der Waals surface area (Å²) in [7, 11) is -4.23. The summed E-state index contributed by atoms with van der Waals surface area (Å²) >= 11 is 0. The number of rotatable bonds is 15. The molecule has 2 unspecified atom stereocenters. The Bertz CT molecular complexity index is 943. The molecule has 0 radical (unpaired) electrons. The summed E-state index contributed by atoms with van der Waals surface area (Å²) in [5.41, 5.74) is 1.08. The summed E-state index contributed by atoms with van der Waals surface area (Å²) in [6.45, 7) is 6.03. The number of nitrogens with zero attached hydrogens (tertiary/aromatic N) is 3. The van der Waals surface area contributed by atoms with Crippen molar-refractivity contribution in [2.24, 2.45) is 0 Å². The van der Waals surface area contributed by atoms with Crippen LogP contribution in [0.5, 0.6) is 0 Å². The number of carbonyl (C=O) groups is 2. The first-order valence-corrected chi connectivity index (χ1v) is 13.2. The van der Waals surface area contributed by atoms with Crippen LogP contribution in [-0.2, 0) is 36.4 Å². The summed E-state index contributed by atoms with van der Waals surface area (Å²) in [5.74, 6) is -2.26. The van der Waals surface area contributed by atoms with Crippen LogP contribution in [0, 0.1) is 0 Å². The normalized spacial score (nSPS) is 19.9. The summed E-state index contributed by atoms with van der Waals surface area (Å²) in [5, 5.41) is 28.7. The van der Waals surface area contributed by atoms with Crippen molar-refractivity contribution in [1.29, 1.82) is 0 Å². The zero-order valence-electron chi connectivity index (χ0n) is 20.7. The van der Waals surface area contributed by atoms with Crippen molar-refractivity contribution in [3.8, 4) is 0 Å². The fourth-order valence-corrected chi connectivity index (χ4v) is 5.38. The molecule has 1 aliphatic carbocycles. The molecule has 1 saturated carbocycles. The Hall–Kier alpha value is -2.34. The number of pyridine rings is 1. The number of phosphoric ester groups is 1. The van der Waals surface area contributed by atoms with Crippen LogP contribution < -0.4 is 0 Å². The van der Waals surface area contributed by atoms with Crippen LogP contribution in [0.1, 0.15) is 50.8 Å². The van der Waals surface area contributed by atoms with Crippen molar-refractivity contribution in [3.05, 3.63) is 41.9 Å². The molecule has 0 saturated heterocycles. The monoisotopic (exact) mass is 529 g/mol. The van der Waals surface area contributed by atoms with Gasteiger partial charge >= 0.3 is 19.8 Å². The number of phosphoric acid groups is 1. The Kier molecular flexibility index (Phi) is 11.5. The highest BCUT2D eigenvalue weighted by Gasteiger charge is 2.36. The van der Waals surface area contributed by atoms with Gasteiger partial charge in [-0.3, -0.25) is 33.4 Å². The maximum atomic E-state index is 12.0. The Morgan fingerprint density at radius 2 is 1.69 bits per heavy atom. The van der Waals surface area contributed by atoms with E-state index < -0.39 is 25.9 Å². The number of carboxylic acid groups (broad SMARTS) is 2. The third-order valence-electron chi connectivity index (χ3n) is 5.68. The van der Waals surface area contributed by atoms with E-state index in [0.717, 1.165) is 12.8 Å². The first-order valence-electron chi connectivity index (χ1n) is 11.7. The van der Waals surface area contributed by atoms with E-state index in [4.69, 9.17) is 9.05 Å². The van der Waals surface area contributed by atoms with Crippen LogP contribution >= 0.6 is 7.82 Å². The fourth-order valence-electron chi connectivity index (χ4n) is 4.47. The molecule has 1 fully saturated rings. The molecular formula is C23H36N3O9P. The largest absolute Gasteiger partial charge is 0.512 e. The van der Waals surface area contributed by atoms with Crippen LogP contribution in [0.4, 0.5) is 0 Å². The highest BCUT2D eigenvalue weighted by molar-refractivity contribution is 7.47. The lowest BCUT2D eigenvalue weighted by atomic mass is 9.87. The molecule has 4 N–H and O–H groups in total. The average molecular weight is 530 g/mol. The van der Waals surface area contributed by atoms with Crippen LogP contribution in [0.25, 0.3) is 0 Å². The smallest absolute Gasteiger partial charge is 0.472 e. The Morgan fingerprint density at radius 3 is 2.25 bits per heavy atom. The topological polar surface area (TPSA) is 170 Å². The van der Waals surface area contributed by atoms with Crippen LogP contribution in [0.2, 0.25) is 0 Å². The molecule has 12 nitrogen and oxygen atoms in total. The lowest BCUT2D eigenvalue weighted by Gasteiger charge is -2.44. The highest BCUT2D eigenvalue weighted by atomic mass is 31.2. The van der Waals surface area contributed by atoms with Gasteiger partial charge in [0.2, 0.25) is 0 Å². The minimum absolute atomic E-state index is 0.0287. The van der Waals surface area contributed by atoms with Gasteiger partial charge in [0.1, 0.15) is 0 Å². The minimum atomic E-state index is -4.23. The molecule has 0 aliphatic heterocycles. The lowest BCUT2D eigenvalue weighted by molar-refractivity contribution is -0.142. The molecule has 0 aromatic carbocycles. The maximum absolute atomic E-state index is 12.0. The molecular weight excluding hydrogens is 493 g/mol. The van der Waals surface area contributed by atoms with Crippen molar-refractivity contribution < 1.29 is 43.4 Å². The molecule has 0 bridgehead atoms. The molecule has 1 heterocycles. The van der Waals surface area contributed by atoms with Crippen LogP contribution in [-0.4, -0.2) is 84.8 Å². The first kappa shape index (κ1) is 29.9. The van der Waals surface area contributed by atoms with Gasteiger partial charge in [-0.1, -0.05) is 19.4 Å². The van der Waals surface area contributed by atoms with E-state index in [0.29, 0.717) is 24.1 Å². The van der Waals surface area contributed by atoms with Crippen molar-refractivity contribution >= 4 is 19.8 Å². The maximum Gasteiger partial charge on any atom is 0.472 e. The van der Waals surface area contributed by atoms with E-state index in [1.807, 2.05) is 0 Å². The SMILES string of the molecule is C=C(O)CN(CC(=O)O)C1CCCC[C@@H]1N(CC(=O)O)Cc1cc(COP(=O)(O)OC(C)C)ccn1. The van der Waals surface area contributed by atoms with Gasteiger partial charge in [0.05, 0.1) is 43.8 Å². The summed E-state index contributed by atoms with van der Waals surface area (Å²) in [6, 6.07) is 2.67. The molecule has 202 valence electrons. The zero-order valence-corrected chi connectivity index (χ0v) is 21.5. The van der Waals surface area contributed by atoms with Gasteiger partial charge in [-0.15, -0.1) is 0 Å². The summed E-state index contributed by atoms with van der Waals surface area (Å²) in [4.78, 5) is 40.7. The fraction of sp³-hybridized carbons (Fsp3) is 0.609. The number of hydrogen-bond acceptors (Lipinski definition) is 9. The van der Waals surface area contributed by atoms with E-state index in [9.17, 15) is 34.4 Å². The van der Waals surface area contributed by atoms with Gasteiger partial charge in [0.25, 0.3) is 0 Å². The molecule has 1 aliphatic rings. The van der Waals surface area contributed by atoms with E-state index >= 15 is 0 Å². The van der Waals surface area contributed by atoms with Gasteiger partial charge < -0.3 is 20.2 Å². The second-order valence-corrected chi connectivity index (χ2v) is 10.5. The molecule has 0 amide bonds. The van der Waals surface area contributed by atoms with Gasteiger partial charge in [0.15, 0.2) is 0 Å². The minimum Gasteiger partial charge on any atom is -0.512 e. The van der Waals surface area contributed by atoms with E-state index in [-0.39, 0.29) is 50.6 Å². The van der Waals surface area contributed by atoms with E-state index in [1.54, 1.807) is 35.8 Å². The second kappa shape index (κ2) is 13.8. The Balaban J connectivity index is 2.24. The summed E-state index contributed by atoms with van der Waals surface area (Å²) in [6.07, 6.45) is 4.00. The van der Waals surface area contributed by atoms with E-state index in [2.05, 4.69) is 11.6 Å². The third-order valence-corrected chi connectivity index (χ3v) is 6.82. The predicted octanol–water partition coefficient (Wildman–Crippen LogP) is 2.78. The Labute approximate surface area is 210 Å². The molecule has 13 heteroatoms. The molecule has 0 spiro atoms. The number of aliphatic carboxylic acids is 2. The van der Waals surface area contributed by atoms with Crippen LogP contribution in [0.15, 0.2) is 30.7 Å². The molecule has 2 rings (SSSR count). The summed E-state index contributed by atoms with van der Waals surface area (Å²) < 4.78 is 21.9. The third kappa shape index (κ3) is 10.3. The predicted molar refractivity (Wildman–Crippen MR) is 130 cm³/mol. The number of hydrogen-bond donors (Lipinski definition) is 4. The van der Waals surface area contributed by atoms with Gasteiger partial charge in [-0.25, -0.2) is 4.57 Å². The van der Waals surface area contributed by atoms with Gasteiger partial charge in [0, 0.05) is 24.8 Å². The van der Waals surface area contributed by atoms with Crippen molar-refractivity contribution in [2.75, 3.05) is 19.6 Å². The first-order chi connectivity index (χ1) is 16.9. The molecule has 3 atom stereocenters. The molecule has 1 aromatic heterocycles. The van der Waals surface area contributed by atoms with Crippen LogP contribution in [0.3, 0.4) is 0 Å². The number of aliphatic hydroxyl groups is 1. The number of carboxylic acids is 2. The average Bonchev–Trinajstić information content (AvgIpc) is 2.75. The standard InChI is InChI=1S/C23H36N3O9P/c1-16(2)35-36(32,33)34-15-18-8-9-24-19(10-18)12-26(14-23(30)31)21-7-5-4-6-20(21)25(11-17(3)27)13-22(28)29/h8-10,16,20-21,27H,3-7,11-15H2,1-2H3,(H,28,29)(H,30,31)(H,32,33)/t20?,21-/m0/s1. The number of aliphatic hydroxyl groups excluding tert-OH is 1. The van der Waals surface area contributed by atoms with Crippen molar-refractivity contribution in [2.45, 2.75) is 70.9 Å². The highest BCUT2D eigenvalue weighted by Crippen LogP contribution is 2.45. The number of aromatic nitrogens is 1. The molecule has 36 heavy (non-hydrogen) atoms. The van der Waals surface area contributed by atoms with Crippen molar-refractivity contribution in [3.63, 3.8) is 0 Å². The lowest BCUT2D eigenvalue weighted by Crippen LogP contribution is -2.55. The van der Waals surface area contributed by atoms with Gasteiger partial charge in [-0.2, -0.15) is 0 Å². The quantitative estimate of drug-likeness (QED) is 0.194. The van der Waals surface area contributed by atoms with E-state index in [1.165, 1.54) is 6.20 Å².